The van der Waals surface area contributed by atoms with Crippen molar-refractivity contribution in [2.45, 2.75) is 46.2 Å². The summed E-state index contributed by atoms with van der Waals surface area (Å²) >= 11 is 0. The Labute approximate surface area is 154 Å². The quantitative estimate of drug-likeness (QED) is 0.739. The van der Waals surface area contributed by atoms with Crippen molar-refractivity contribution < 1.29 is 9.59 Å². The van der Waals surface area contributed by atoms with E-state index in [0.29, 0.717) is 11.4 Å². The number of para-hydroxylation sites is 2. The normalized spacial score (nSPS) is 12.0. The van der Waals surface area contributed by atoms with Gasteiger partial charge in [0.25, 0.3) is 0 Å². The number of nitrogens with zero attached hydrogens (tertiary/aromatic N) is 3. The lowest BCUT2D eigenvalue weighted by molar-refractivity contribution is -0.130. The van der Waals surface area contributed by atoms with Gasteiger partial charge < -0.3 is 14.8 Å². The average Bonchev–Trinajstić information content (AvgIpc) is 2.98. The second-order valence-electron chi connectivity index (χ2n) is 6.69. The molecule has 2 rings (SSSR count). The third-order valence-electron chi connectivity index (χ3n) is 4.37. The van der Waals surface area contributed by atoms with E-state index in [9.17, 15) is 9.59 Å². The summed E-state index contributed by atoms with van der Waals surface area (Å²) < 4.78 is 1.89. The highest BCUT2D eigenvalue weighted by atomic mass is 16.2. The van der Waals surface area contributed by atoms with Crippen LogP contribution >= 0.6 is 0 Å². The summed E-state index contributed by atoms with van der Waals surface area (Å²) in [5, 5.41) is 2.89. The van der Waals surface area contributed by atoms with Crippen molar-refractivity contribution in [3.63, 3.8) is 0 Å². The largest absolute Gasteiger partial charge is 0.344 e. The molecule has 26 heavy (non-hydrogen) atoms. The lowest BCUT2D eigenvalue weighted by atomic mass is 10.2. The molecule has 0 aliphatic rings. The lowest BCUT2D eigenvalue weighted by Crippen LogP contribution is -2.33. The fourth-order valence-corrected chi connectivity index (χ4v) is 2.75. The molecular weight excluding hydrogens is 328 g/mol. The van der Waals surface area contributed by atoms with E-state index in [-0.39, 0.29) is 24.4 Å². The van der Waals surface area contributed by atoms with Gasteiger partial charge in [-0.05, 0) is 32.4 Å². The Hall–Kier alpha value is -2.63. The first kappa shape index (κ1) is 19.7. The van der Waals surface area contributed by atoms with Crippen LogP contribution < -0.4 is 5.32 Å². The Morgan fingerprint density at radius 3 is 2.69 bits per heavy atom. The van der Waals surface area contributed by atoms with Gasteiger partial charge >= 0.3 is 0 Å². The minimum Gasteiger partial charge on any atom is -0.344 e. The highest BCUT2D eigenvalue weighted by Gasteiger charge is 2.21. The fraction of sp³-hybridized carbons (Fsp3) is 0.450. The van der Waals surface area contributed by atoms with E-state index in [1.54, 1.807) is 11.8 Å². The number of likely N-dealkylation sites (N-methyl/N-ethyl adjacent to an activating group) is 1. The van der Waals surface area contributed by atoms with E-state index < -0.39 is 0 Å². The second kappa shape index (κ2) is 8.65. The number of imidazole rings is 1. The number of unbranched alkanes of at least 4 members (excludes halogenated alkanes) is 1. The van der Waals surface area contributed by atoms with Gasteiger partial charge in [0.1, 0.15) is 12.4 Å². The molecule has 2 amide bonds. The summed E-state index contributed by atoms with van der Waals surface area (Å²) in [4.78, 5) is 31.0. The maximum Gasteiger partial charge on any atom is 0.246 e. The standard InChI is InChI=1S/C20H28N4O2/c1-6-7-12-23(5)18(25)13-24-17-11-9-8-10-16(17)22-19(24)15(4)21-20(26)14(2)3/h8-11,15H,2,6-7,12-13H2,1,3-5H3,(H,21,26). The predicted molar refractivity (Wildman–Crippen MR) is 104 cm³/mol. The number of fused-ring (bicyclic) bond motifs is 1. The second-order valence-corrected chi connectivity index (χ2v) is 6.69. The molecule has 1 unspecified atom stereocenters. The van der Waals surface area contributed by atoms with Crippen molar-refractivity contribution in [1.29, 1.82) is 0 Å². The first-order valence-electron chi connectivity index (χ1n) is 9.00. The summed E-state index contributed by atoms with van der Waals surface area (Å²) in [5.74, 6) is 0.474. The van der Waals surface area contributed by atoms with Crippen molar-refractivity contribution in [3.8, 4) is 0 Å². The van der Waals surface area contributed by atoms with Crippen LogP contribution in [0.3, 0.4) is 0 Å². The number of hydrogen-bond acceptors (Lipinski definition) is 3. The Morgan fingerprint density at radius 1 is 1.35 bits per heavy atom. The van der Waals surface area contributed by atoms with Crippen LogP contribution in [-0.4, -0.2) is 39.9 Å². The summed E-state index contributed by atoms with van der Waals surface area (Å²) in [6.45, 7) is 10.2. The average molecular weight is 356 g/mol. The van der Waals surface area contributed by atoms with E-state index in [1.165, 1.54) is 0 Å². The van der Waals surface area contributed by atoms with Crippen molar-refractivity contribution in [3.05, 3.63) is 42.2 Å². The Morgan fingerprint density at radius 2 is 2.04 bits per heavy atom. The molecule has 0 saturated carbocycles. The Balaban J connectivity index is 2.32. The zero-order valence-electron chi connectivity index (χ0n) is 16.1. The van der Waals surface area contributed by atoms with Gasteiger partial charge in [-0.3, -0.25) is 9.59 Å². The molecular formula is C20H28N4O2. The number of nitrogens with one attached hydrogen (secondary N) is 1. The molecule has 1 N–H and O–H groups in total. The van der Waals surface area contributed by atoms with Crippen molar-refractivity contribution >= 4 is 22.8 Å². The molecule has 0 fully saturated rings. The van der Waals surface area contributed by atoms with Gasteiger partial charge in [-0.1, -0.05) is 32.1 Å². The molecule has 0 aliphatic carbocycles. The number of amides is 2. The molecule has 1 aromatic carbocycles. The van der Waals surface area contributed by atoms with Crippen LogP contribution in [-0.2, 0) is 16.1 Å². The van der Waals surface area contributed by atoms with E-state index in [1.807, 2.05) is 42.8 Å². The first-order chi connectivity index (χ1) is 12.3. The number of carbonyl (C=O) groups is 2. The van der Waals surface area contributed by atoms with E-state index in [2.05, 4.69) is 23.8 Å². The number of aromatic nitrogens is 2. The van der Waals surface area contributed by atoms with Gasteiger partial charge in [-0.2, -0.15) is 0 Å². The van der Waals surface area contributed by atoms with Crippen molar-refractivity contribution in [2.24, 2.45) is 0 Å². The van der Waals surface area contributed by atoms with Crippen LogP contribution in [0.1, 0.15) is 45.5 Å². The third kappa shape index (κ3) is 4.50. The molecule has 0 radical (unpaired) electrons. The summed E-state index contributed by atoms with van der Waals surface area (Å²) in [7, 11) is 1.82. The van der Waals surface area contributed by atoms with Crippen LogP contribution in [0.4, 0.5) is 0 Å². The van der Waals surface area contributed by atoms with Crippen LogP contribution in [0.5, 0.6) is 0 Å². The van der Waals surface area contributed by atoms with E-state index in [0.717, 1.165) is 30.4 Å². The van der Waals surface area contributed by atoms with E-state index in [4.69, 9.17) is 0 Å². The van der Waals surface area contributed by atoms with E-state index >= 15 is 0 Å². The number of rotatable bonds is 8. The Kier molecular flexibility index (Phi) is 6.55. The number of hydrogen-bond donors (Lipinski definition) is 1. The van der Waals surface area contributed by atoms with Gasteiger partial charge in [-0.25, -0.2) is 4.98 Å². The SMILES string of the molecule is C=C(C)C(=O)NC(C)c1nc2ccccc2n1CC(=O)N(C)CCCC. The third-order valence-corrected chi connectivity index (χ3v) is 4.37. The monoisotopic (exact) mass is 356 g/mol. The topological polar surface area (TPSA) is 67.2 Å². The molecule has 2 aromatic rings. The Bertz CT molecular complexity index is 809. The molecule has 6 nitrogen and oxygen atoms in total. The molecule has 0 spiro atoms. The lowest BCUT2D eigenvalue weighted by Gasteiger charge is -2.20. The summed E-state index contributed by atoms with van der Waals surface area (Å²) in [6.07, 6.45) is 2.02. The van der Waals surface area contributed by atoms with Crippen molar-refractivity contribution in [1.82, 2.24) is 19.8 Å². The summed E-state index contributed by atoms with van der Waals surface area (Å²) in [5.41, 5.74) is 2.13. The number of benzene rings is 1. The van der Waals surface area contributed by atoms with Gasteiger partial charge in [0.2, 0.25) is 11.8 Å². The molecule has 0 bridgehead atoms. The molecule has 0 saturated heterocycles. The van der Waals surface area contributed by atoms with Crippen LogP contribution in [0.15, 0.2) is 36.4 Å². The fourth-order valence-electron chi connectivity index (χ4n) is 2.75. The first-order valence-corrected chi connectivity index (χ1v) is 9.00. The van der Waals surface area contributed by atoms with Crippen LogP contribution in [0.25, 0.3) is 11.0 Å². The van der Waals surface area contributed by atoms with Gasteiger partial charge in [-0.15, -0.1) is 0 Å². The highest BCUT2D eigenvalue weighted by molar-refractivity contribution is 5.92. The predicted octanol–water partition coefficient (Wildman–Crippen LogP) is 3.05. The van der Waals surface area contributed by atoms with Crippen molar-refractivity contribution in [2.75, 3.05) is 13.6 Å². The molecule has 0 aliphatic heterocycles. The van der Waals surface area contributed by atoms with Crippen LogP contribution in [0.2, 0.25) is 0 Å². The number of carbonyl (C=O) groups excluding carboxylic acids is 2. The molecule has 6 heteroatoms. The zero-order chi connectivity index (χ0) is 19.3. The maximum absolute atomic E-state index is 12.6. The molecule has 1 aromatic heterocycles. The minimum absolute atomic E-state index is 0.0290. The van der Waals surface area contributed by atoms with Crippen LogP contribution in [0, 0.1) is 0 Å². The molecule has 1 atom stereocenters. The molecule has 140 valence electrons. The smallest absolute Gasteiger partial charge is 0.246 e. The van der Waals surface area contributed by atoms with Gasteiger partial charge in [0.05, 0.1) is 17.1 Å². The van der Waals surface area contributed by atoms with Gasteiger partial charge in [0, 0.05) is 19.2 Å². The summed E-state index contributed by atoms with van der Waals surface area (Å²) in [6, 6.07) is 7.36. The molecule has 1 heterocycles. The zero-order valence-corrected chi connectivity index (χ0v) is 16.1. The highest BCUT2D eigenvalue weighted by Crippen LogP contribution is 2.21. The maximum atomic E-state index is 12.6. The van der Waals surface area contributed by atoms with Gasteiger partial charge in [0.15, 0.2) is 0 Å². The minimum atomic E-state index is -0.333.